The number of benzene rings is 1. The second-order valence-corrected chi connectivity index (χ2v) is 4.38. The van der Waals surface area contributed by atoms with E-state index in [4.69, 9.17) is 5.73 Å². The number of nitrogens with two attached hydrogens (primary N) is 1. The van der Waals surface area contributed by atoms with Gasteiger partial charge in [-0.25, -0.2) is 4.79 Å². The van der Waals surface area contributed by atoms with Gasteiger partial charge in [0.25, 0.3) is 0 Å². The smallest absolute Gasteiger partial charge is 0.337 e. The van der Waals surface area contributed by atoms with E-state index >= 15 is 0 Å². The van der Waals surface area contributed by atoms with Gasteiger partial charge in [-0.1, -0.05) is 0 Å². The van der Waals surface area contributed by atoms with Gasteiger partial charge < -0.3 is 15.8 Å². The number of esters is 1. The van der Waals surface area contributed by atoms with Gasteiger partial charge in [-0.2, -0.15) is 0 Å². The van der Waals surface area contributed by atoms with Gasteiger partial charge in [-0.3, -0.25) is 9.78 Å². The topological polar surface area (TPSA) is 94.3 Å². The summed E-state index contributed by atoms with van der Waals surface area (Å²) in [6.07, 6.45) is 1.66. The zero-order valence-electron chi connectivity index (χ0n) is 11.5. The van der Waals surface area contributed by atoms with Crippen LogP contribution in [0.3, 0.4) is 0 Å². The highest BCUT2D eigenvalue weighted by Crippen LogP contribution is 2.11. The summed E-state index contributed by atoms with van der Waals surface area (Å²) in [6.45, 7) is 0. The van der Waals surface area contributed by atoms with Crippen molar-refractivity contribution in [2.24, 2.45) is 0 Å². The third kappa shape index (κ3) is 4.04. The predicted molar refractivity (Wildman–Crippen MR) is 78.8 cm³/mol. The third-order valence-corrected chi connectivity index (χ3v) is 2.78. The van der Waals surface area contributed by atoms with E-state index in [0.717, 1.165) is 0 Å². The Morgan fingerprint density at radius 2 is 1.90 bits per heavy atom. The van der Waals surface area contributed by atoms with Gasteiger partial charge in [0.05, 0.1) is 31.0 Å². The molecule has 0 unspecified atom stereocenters. The number of hydrogen-bond donors (Lipinski definition) is 2. The van der Waals surface area contributed by atoms with Crippen molar-refractivity contribution in [3.8, 4) is 0 Å². The maximum Gasteiger partial charge on any atom is 0.337 e. The van der Waals surface area contributed by atoms with Crippen LogP contribution in [0.1, 0.15) is 16.1 Å². The largest absolute Gasteiger partial charge is 0.465 e. The van der Waals surface area contributed by atoms with Crippen LogP contribution in [0.15, 0.2) is 42.6 Å². The average Bonchev–Trinajstić information content (AvgIpc) is 2.49. The SMILES string of the molecule is COC(=O)c1ccc(NC(=O)Cc2ccc(N)cn2)cc1. The molecule has 0 aliphatic carbocycles. The Kier molecular flexibility index (Phi) is 4.50. The Hall–Kier alpha value is -2.89. The number of amides is 1. The number of rotatable bonds is 4. The lowest BCUT2D eigenvalue weighted by molar-refractivity contribution is -0.115. The molecule has 108 valence electrons. The standard InChI is InChI=1S/C15H15N3O3/c1-21-15(20)10-2-5-12(6-3-10)18-14(19)8-13-7-4-11(16)9-17-13/h2-7,9H,8,16H2,1H3,(H,18,19). The number of aromatic nitrogens is 1. The van der Waals surface area contributed by atoms with Gasteiger partial charge in [0, 0.05) is 11.4 Å². The van der Waals surface area contributed by atoms with Crippen LogP contribution in [-0.2, 0) is 16.0 Å². The van der Waals surface area contributed by atoms with Crippen LogP contribution >= 0.6 is 0 Å². The van der Waals surface area contributed by atoms with E-state index in [9.17, 15) is 9.59 Å². The summed E-state index contributed by atoms with van der Waals surface area (Å²) in [5.41, 5.74) is 7.74. The quantitative estimate of drug-likeness (QED) is 0.833. The van der Waals surface area contributed by atoms with E-state index in [0.29, 0.717) is 22.6 Å². The van der Waals surface area contributed by atoms with Crippen LogP contribution in [0.2, 0.25) is 0 Å². The molecule has 2 aromatic rings. The highest BCUT2D eigenvalue weighted by atomic mass is 16.5. The van der Waals surface area contributed by atoms with E-state index in [2.05, 4.69) is 15.0 Å². The van der Waals surface area contributed by atoms with Crippen LogP contribution in [0.5, 0.6) is 0 Å². The number of anilines is 2. The molecule has 6 heteroatoms. The maximum atomic E-state index is 11.9. The van der Waals surface area contributed by atoms with Crippen molar-refractivity contribution < 1.29 is 14.3 Å². The lowest BCUT2D eigenvalue weighted by atomic mass is 10.2. The van der Waals surface area contributed by atoms with E-state index in [-0.39, 0.29) is 12.3 Å². The lowest BCUT2D eigenvalue weighted by Crippen LogP contribution is -2.15. The first-order chi connectivity index (χ1) is 10.1. The number of carbonyl (C=O) groups is 2. The molecule has 1 amide bonds. The maximum absolute atomic E-state index is 11.9. The fourth-order valence-corrected chi connectivity index (χ4v) is 1.72. The minimum absolute atomic E-state index is 0.152. The molecule has 0 spiro atoms. The van der Waals surface area contributed by atoms with E-state index in [1.165, 1.54) is 13.3 Å². The molecule has 1 aromatic heterocycles. The Morgan fingerprint density at radius 3 is 2.48 bits per heavy atom. The number of carbonyl (C=O) groups excluding carboxylic acids is 2. The summed E-state index contributed by atoms with van der Waals surface area (Å²) in [7, 11) is 1.32. The molecule has 0 aliphatic rings. The first-order valence-electron chi connectivity index (χ1n) is 6.27. The number of nitrogen functional groups attached to an aromatic ring is 1. The molecule has 6 nitrogen and oxygen atoms in total. The molecule has 0 saturated heterocycles. The molecule has 0 fully saturated rings. The van der Waals surface area contributed by atoms with E-state index < -0.39 is 5.97 Å². The molecular weight excluding hydrogens is 270 g/mol. The Bertz CT molecular complexity index is 636. The van der Waals surface area contributed by atoms with Crippen LogP contribution in [0.4, 0.5) is 11.4 Å². The summed E-state index contributed by atoms with van der Waals surface area (Å²) < 4.78 is 4.60. The van der Waals surface area contributed by atoms with Crippen molar-refractivity contribution in [1.29, 1.82) is 0 Å². The predicted octanol–water partition coefficient (Wildman–Crippen LogP) is 1.63. The van der Waals surface area contributed by atoms with Crippen LogP contribution in [0.25, 0.3) is 0 Å². The molecule has 0 atom stereocenters. The van der Waals surface area contributed by atoms with Crippen LogP contribution < -0.4 is 11.1 Å². The fourth-order valence-electron chi connectivity index (χ4n) is 1.72. The molecule has 2 rings (SSSR count). The van der Waals surface area contributed by atoms with Gasteiger partial charge in [0.15, 0.2) is 0 Å². The fraction of sp³-hybridized carbons (Fsp3) is 0.133. The number of nitrogens with zero attached hydrogens (tertiary/aromatic N) is 1. The molecule has 3 N–H and O–H groups in total. The monoisotopic (exact) mass is 285 g/mol. The van der Waals surface area contributed by atoms with Gasteiger partial charge in [-0.15, -0.1) is 0 Å². The van der Waals surface area contributed by atoms with Crippen molar-refractivity contribution in [1.82, 2.24) is 4.98 Å². The normalized spacial score (nSPS) is 9.95. The average molecular weight is 285 g/mol. The highest BCUT2D eigenvalue weighted by Gasteiger charge is 2.07. The summed E-state index contributed by atoms with van der Waals surface area (Å²) in [6, 6.07) is 9.85. The molecule has 21 heavy (non-hydrogen) atoms. The van der Waals surface area contributed by atoms with Gasteiger partial charge in [0.2, 0.25) is 5.91 Å². The van der Waals surface area contributed by atoms with Gasteiger partial charge in [-0.05, 0) is 36.4 Å². The number of ether oxygens (including phenoxy) is 1. The molecular formula is C15H15N3O3. The second kappa shape index (κ2) is 6.51. The summed E-state index contributed by atoms with van der Waals surface area (Å²) in [5.74, 6) is -0.614. The van der Waals surface area contributed by atoms with E-state index in [1.54, 1.807) is 36.4 Å². The summed E-state index contributed by atoms with van der Waals surface area (Å²) in [5, 5.41) is 2.73. The number of methoxy groups -OCH3 is 1. The van der Waals surface area contributed by atoms with Crippen LogP contribution in [0, 0.1) is 0 Å². The Balaban J connectivity index is 1.96. The molecule has 0 aliphatic heterocycles. The first kappa shape index (κ1) is 14.5. The van der Waals surface area contributed by atoms with Crippen molar-refractivity contribution in [3.05, 3.63) is 53.9 Å². The molecule has 0 bridgehead atoms. The lowest BCUT2D eigenvalue weighted by Gasteiger charge is -2.06. The van der Waals surface area contributed by atoms with E-state index in [1.807, 2.05) is 0 Å². The number of hydrogen-bond acceptors (Lipinski definition) is 5. The van der Waals surface area contributed by atoms with Crippen molar-refractivity contribution in [2.75, 3.05) is 18.2 Å². The van der Waals surface area contributed by atoms with Gasteiger partial charge >= 0.3 is 5.97 Å². The first-order valence-corrected chi connectivity index (χ1v) is 6.27. The van der Waals surface area contributed by atoms with Gasteiger partial charge in [0.1, 0.15) is 0 Å². The highest BCUT2D eigenvalue weighted by molar-refractivity contribution is 5.93. The Morgan fingerprint density at radius 1 is 1.19 bits per heavy atom. The zero-order valence-corrected chi connectivity index (χ0v) is 11.5. The Labute approximate surface area is 121 Å². The van der Waals surface area contributed by atoms with Crippen molar-refractivity contribution in [2.45, 2.75) is 6.42 Å². The number of nitrogens with one attached hydrogen (secondary N) is 1. The van der Waals surface area contributed by atoms with Crippen molar-refractivity contribution in [3.63, 3.8) is 0 Å². The summed E-state index contributed by atoms with van der Waals surface area (Å²) in [4.78, 5) is 27.2. The zero-order chi connectivity index (χ0) is 15.2. The minimum atomic E-state index is -0.418. The number of pyridine rings is 1. The minimum Gasteiger partial charge on any atom is -0.465 e. The molecule has 0 radical (unpaired) electrons. The molecule has 0 saturated carbocycles. The van der Waals surface area contributed by atoms with Crippen molar-refractivity contribution >= 4 is 23.3 Å². The molecule has 1 heterocycles. The third-order valence-electron chi connectivity index (χ3n) is 2.78. The van der Waals surface area contributed by atoms with Crippen LogP contribution in [-0.4, -0.2) is 24.0 Å². The molecule has 1 aromatic carbocycles. The second-order valence-electron chi connectivity index (χ2n) is 4.38. The summed E-state index contributed by atoms with van der Waals surface area (Å²) >= 11 is 0.